The second-order valence-corrected chi connectivity index (χ2v) is 5.60. The van der Waals surface area contributed by atoms with Crippen LogP contribution in [0.3, 0.4) is 0 Å². The lowest BCUT2D eigenvalue weighted by atomic mass is 9.84. The first kappa shape index (κ1) is 15.5. The van der Waals surface area contributed by atoms with E-state index in [1.165, 1.54) is 0 Å². The normalized spacial score (nSPS) is 11.4. The van der Waals surface area contributed by atoms with E-state index in [0.29, 0.717) is 0 Å². The van der Waals surface area contributed by atoms with Gasteiger partial charge in [0, 0.05) is 16.7 Å². The van der Waals surface area contributed by atoms with Crippen molar-refractivity contribution in [2.75, 3.05) is 0 Å². The standard InChI is InChI=1S/C19H23NO/c1-3-19(20,4-2)14-16-12-8-9-13-17(16)18(21)15-10-6-5-7-11-15/h5-13H,3-4,14,20H2,1-2H3. The van der Waals surface area contributed by atoms with E-state index in [4.69, 9.17) is 5.73 Å². The van der Waals surface area contributed by atoms with Crippen LogP contribution in [0.4, 0.5) is 0 Å². The molecule has 2 rings (SSSR count). The maximum Gasteiger partial charge on any atom is 0.193 e. The molecule has 0 heterocycles. The summed E-state index contributed by atoms with van der Waals surface area (Å²) in [6.45, 7) is 4.20. The maximum atomic E-state index is 12.7. The van der Waals surface area contributed by atoms with E-state index in [1.54, 1.807) is 0 Å². The first-order chi connectivity index (χ1) is 10.1. The van der Waals surface area contributed by atoms with E-state index in [-0.39, 0.29) is 11.3 Å². The molecule has 2 N–H and O–H groups in total. The predicted molar refractivity (Wildman–Crippen MR) is 87.5 cm³/mol. The summed E-state index contributed by atoms with van der Waals surface area (Å²) in [5.74, 6) is 0.0701. The minimum atomic E-state index is -0.243. The van der Waals surface area contributed by atoms with Gasteiger partial charge in [-0.2, -0.15) is 0 Å². The Morgan fingerprint density at radius 1 is 0.952 bits per heavy atom. The van der Waals surface area contributed by atoms with Crippen LogP contribution in [0.15, 0.2) is 54.6 Å². The van der Waals surface area contributed by atoms with Crippen LogP contribution in [0.5, 0.6) is 0 Å². The van der Waals surface area contributed by atoms with E-state index in [2.05, 4.69) is 13.8 Å². The van der Waals surface area contributed by atoms with Crippen LogP contribution >= 0.6 is 0 Å². The van der Waals surface area contributed by atoms with Gasteiger partial charge in [0.05, 0.1) is 0 Å². The number of benzene rings is 2. The molecule has 0 amide bonds. The molecule has 2 heteroatoms. The van der Waals surface area contributed by atoms with Crippen molar-refractivity contribution in [3.63, 3.8) is 0 Å². The second-order valence-electron chi connectivity index (χ2n) is 5.60. The summed E-state index contributed by atoms with van der Waals surface area (Å²) in [4.78, 5) is 12.7. The average Bonchev–Trinajstić information content (AvgIpc) is 2.55. The van der Waals surface area contributed by atoms with Gasteiger partial charge in [-0.25, -0.2) is 0 Å². The van der Waals surface area contributed by atoms with Crippen molar-refractivity contribution in [3.8, 4) is 0 Å². The summed E-state index contributed by atoms with van der Waals surface area (Å²) in [6.07, 6.45) is 2.53. The number of ketones is 1. The Balaban J connectivity index is 2.36. The number of nitrogens with two attached hydrogens (primary N) is 1. The Labute approximate surface area is 127 Å². The van der Waals surface area contributed by atoms with Gasteiger partial charge in [-0.3, -0.25) is 4.79 Å². The van der Waals surface area contributed by atoms with Crippen LogP contribution < -0.4 is 5.73 Å². The Hall–Kier alpha value is -1.93. The molecule has 0 aliphatic carbocycles. The van der Waals surface area contributed by atoms with Crippen LogP contribution in [-0.4, -0.2) is 11.3 Å². The zero-order chi connectivity index (χ0) is 15.3. The molecule has 0 fully saturated rings. The molecule has 2 nitrogen and oxygen atoms in total. The molecule has 0 atom stereocenters. The molecular formula is C19H23NO. The van der Waals surface area contributed by atoms with Gasteiger partial charge in [0.25, 0.3) is 0 Å². The average molecular weight is 281 g/mol. The fourth-order valence-corrected chi connectivity index (χ4v) is 2.52. The molecule has 0 aliphatic heterocycles. The summed E-state index contributed by atoms with van der Waals surface area (Å²) < 4.78 is 0. The summed E-state index contributed by atoms with van der Waals surface area (Å²) in [7, 11) is 0. The van der Waals surface area contributed by atoms with Crippen LogP contribution in [0, 0.1) is 0 Å². The van der Waals surface area contributed by atoms with Crippen molar-refractivity contribution in [2.24, 2.45) is 5.73 Å². The molecule has 0 aliphatic rings. The van der Waals surface area contributed by atoms with Crippen molar-refractivity contribution < 1.29 is 4.79 Å². The summed E-state index contributed by atoms with van der Waals surface area (Å²) in [5, 5.41) is 0. The van der Waals surface area contributed by atoms with Gasteiger partial charge in [0.2, 0.25) is 0 Å². The highest BCUT2D eigenvalue weighted by Crippen LogP contribution is 2.22. The Kier molecular flexibility index (Phi) is 4.92. The predicted octanol–water partition coefficient (Wildman–Crippen LogP) is 3.98. The molecule has 21 heavy (non-hydrogen) atoms. The molecular weight excluding hydrogens is 258 g/mol. The Morgan fingerprint density at radius 3 is 2.14 bits per heavy atom. The molecule has 0 unspecified atom stereocenters. The molecule has 2 aromatic rings. The van der Waals surface area contributed by atoms with Gasteiger partial charge in [-0.15, -0.1) is 0 Å². The third kappa shape index (κ3) is 3.59. The van der Waals surface area contributed by atoms with Gasteiger partial charge in [-0.1, -0.05) is 68.4 Å². The fourth-order valence-electron chi connectivity index (χ4n) is 2.52. The summed E-state index contributed by atoms with van der Waals surface area (Å²) in [5.41, 5.74) is 8.71. The number of hydrogen-bond donors (Lipinski definition) is 1. The smallest absolute Gasteiger partial charge is 0.193 e. The van der Waals surface area contributed by atoms with Crippen molar-refractivity contribution in [1.29, 1.82) is 0 Å². The third-order valence-corrected chi connectivity index (χ3v) is 4.25. The monoisotopic (exact) mass is 281 g/mol. The van der Waals surface area contributed by atoms with Crippen molar-refractivity contribution >= 4 is 5.78 Å². The third-order valence-electron chi connectivity index (χ3n) is 4.25. The lowest BCUT2D eigenvalue weighted by molar-refractivity contribution is 0.103. The summed E-state index contributed by atoms with van der Waals surface area (Å²) in [6, 6.07) is 17.2. The highest BCUT2D eigenvalue weighted by Gasteiger charge is 2.23. The first-order valence-corrected chi connectivity index (χ1v) is 7.56. The highest BCUT2D eigenvalue weighted by atomic mass is 16.1. The van der Waals surface area contributed by atoms with Crippen molar-refractivity contribution in [3.05, 3.63) is 71.3 Å². The number of rotatable bonds is 6. The highest BCUT2D eigenvalue weighted by molar-refractivity contribution is 6.09. The van der Waals surface area contributed by atoms with Crippen LogP contribution in [-0.2, 0) is 6.42 Å². The van der Waals surface area contributed by atoms with E-state index in [9.17, 15) is 4.79 Å². The number of carbonyl (C=O) groups excluding carboxylic acids is 1. The van der Waals surface area contributed by atoms with Crippen molar-refractivity contribution in [2.45, 2.75) is 38.6 Å². The van der Waals surface area contributed by atoms with Gasteiger partial charge >= 0.3 is 0 Å². The van der Waals surface area contributed by atoms with Crippen LogP contribution in [0.25, 0.3) is 0 Å². The molecule has 2 aromatic carbocycles. The Morgan fingerprint density at radius 2 is 1.52 bits per heavy atom. The van der Waals surface area contributed by atoms with E-state index in [0.717, 1.165) is 36.0 Å². The van der Waals surface area contributed by atoms with Gasteiger partial charge < -0.3 is 5.73 Å². The van der Waals surface area contributed by atoms with Gasteiger partial charge in [0.15, 0.2) is 5.78 Å². The van der Waals surface area contributed by atoms with E-state index >= 15 is 0 Å². The topological polar surface area (TPSA) is 43.1 Å². The minimum Gasteiger partial charge on any atom is -0.325 e. The second kappa shape index (κ2) is 6.68. The molecule has 0 aromatic heterocycles. The van der Waals surface area contributed by atoms with Gasteiger partial charge in [-0.05, 0) is 24.8 Å². The fraction of sp³-hybridized carbons (Fsp3) is 0.316. The molecule has 0 radical (unpaired) electrons. The van der Waals surface area contributed by atoms with Crippen LogP contribution in [0.1, 0.15) is 48.2 Å². The molecule has 0 saturated carbocycles. The zero-order valence-electron chi connectivity index (χ0n) is 12.8. The van der Waals surface area contributed by atoms with E-state index in [1.807, 2.05) is 54.6 Å². The molecule has 0 bridgehead atoms. The SMILES string of the molecule is CCC(N)(CC)Cc1ccccc1C(=O)c1ccccc1. The minimum absolute atomic E-state index is 0.0701. The number of hydrogen-bond acceptors (Lipinski definition) is 2. The molecule has 0 saturated heterocycles. The molecule has 110 valence electrons. The largest absolute Gasteiger partial charge is 0.325 e. The quantitative estimate of drug-likeness (QED) is 0.814. The Bertz CT molecular complexity index is 600. The lowest BCUT2D eigenvalue weighted by Gasteiger charge is -2.27. The van der Waals surface area contributed by atoms with Gasteiger partial charge in [0.1, 0.15) is 0 Å². The first-order valence-electron chi connectivity index (χ1n) is 7.56. The van der Waals surface area contributed by atoms with Crippen molar-refractivity contribution in [1.82, 2.24) is 0 Å². The maximum absolute atomic E-state index is 12.7. The number of carbonyl (C=O) groups is 1. The summed E-state index contributed by atoms with van der Waals surface area (Å²) >= 11 is 0. The van der Waals surface area contributed by atoms with E-state index < -0.39 is 0 Å². The lowest BCUT2D eigenvalue weighted by Crippen LogP contribution is -2.41. The van der Waals surface area contributed by atoms with Crippen LogP contribution in [0.2, 0.25) is 0 Å². The zero-order valence-corrected chi connectivity index (χ0v) is 12.8. The molecule has 0 spiro atoms.